The van der Waals surface area contributed by atoms with Gasteiger partial charge in [-0.15, -0.1) is 11.8 Å². The molecule has 0 spiro atoms. The van der Waals surface area contributed by atoms with Crippen LogP contribution in [-0.2, 0) is 11.3 Å². The van der Waals surface area contributed by atoms with Crippen LogP contribution >= 0.6 is 11.8 Å². The van der Waals surface area contributed by atoms with Gasteiger partial charge in [-0.3, -0.25) is 15.0 Å². The molecule has 1 N–H and O–H groups in total. The molecular formula is C18H22N4O2S. The monoisotopic (exact) mass is 358 g/mol. The Kier molecular flexibility index (Phi) is 5.05. The third-order valence-corrected chi connectivity index (χ3v) is 5.61. The van der Waals surface area contributed by atoms with Crippen LogP contribution in [0.15, 0.2) is 40.9 Å². The van der Waals surface area contributed by atoms with Crippen molar-refractivity contribution < 1.29 is 9.21 Å². The van der Waals surface area contributed by atoms with Crippen molar-refractivity contribution >= 4 is 17.7 Å². The van der Waals surface area contributed by atoms with E-state index < -0.39 is 0 Å². The molecule has 1 aromatic heterocycles. The lowest BCUT2D eigenvalue weighted by Gasteiger charge is -2.35. The predicted molar refractivity (Wildman–Crippen MR) is 98.0 cm³/mol. The summed E-state index contributed by atoms with van der Waals surface area (Å²) in [6.07, 6.45) is 1.79. The van der Waals surface area contributed by atoms with E-state index in [2.05, 4.69) is 15.2 Å². The van der Waals surface area contributed by atoms with Crippen molar-refractivity contribution in [3.63, 3.8) is 0 Å². The molecule has 1 amide bonds. The molecule has 1 unspecified atom stereocenters. The van der Waals surface area contributed by atoms with Gasteiger partial charge in [0, 0.05) is 43.4 Å². The molecule has 0 radical (unpaired) electrons. The van der Waals surface area contributed by atoms with Crippen LogP contribution in [0.1, 0.15) is 5.89 Å². The second-order valence-electron chi connectivity index (χ2n) is 6.36. The lowest BCUT2D eigenvalue weighted by molar-refractivity contribution is -0.134. The zero-order valence-electron chi connectivity index (χ0n) is 14.1. The van der Waals surface area contributed by atoms with Crippen molar-refractivity contribution in [3.05, 3.63) is 42.4 Å². The standard InChI is InChI=1S/C18H22N4O2S/c23-18(15-12-25-13-20-15)22-8-6-21(7-9-22)11-17-19-10-16(24-17)14-4-2-1-3-5-14/h1-5,10,15,20H,6-9,11-13H2. The van der Waals surface area contributed by atoms with Crippen molar-refractivity contribution in [2.45, 2.75) is 12.6 Å². The maximum atomic E-state index is 12.4. The molecule has 0 aliphatic carbocycles. The molecule has 6 nitrogen and oxygen atoms in total. The molecule has 2 saturated heterocycles. The molecule has 132 valence electrons. The van der Waals surface area contributed by atoms with Gasteiger partial charge in [-0.2, -0.15) is 0 Å². The summed E-state index contributed by atoms with van der Waals surface area (Å²) in [5, 5.41) is 3.26. The molecule has 3 heterocycles. The van der Waals surface area contributed by atoms with Gasteiger partial charge in [-0.05, 0) is 0 Å². The Balaban J connectivity index is 1.30. The number of thioether (sulfide) groups is 1. The van der Waals surface area contributed by atoms with Crippen LogP contribution in [0.4, 0.5) is 0 Å². The normalized spacial score (nSPS) is 21.6. The summed E-state index contributed by atoms with van der Waals surface area (Å²) in [7, 11) is 0. The fourth-order valence-corrected chi connectivity index (χ4v) is 4.14. The Morgan fingerprint density at radius 2 is 2.04 bits per heavy atom. The number of amides is 1. The highest BCUT2D eigenvalue weighted by Crippen LogP contribution is 2.21. The van der Waals surface area contributed by atoms with E-state index in [1.54, 1.807) is 18.0 Å². The first-order valence-corrected chi connectivity index (χ1v) is 9.77. The minimum Gasteiger partial charge on any atom is -0.439 e. The van der Waals surface area contributed by atoms with Crippen LogP contribution in [0.2, 0.25) is 0 Å². The van der Waals surface area contributed by atoms with Gasteiger partial charge < -0.3 is 9.32 Å². The van der Waals surface area contributed by atoms with Crippen molar-refractivity contribution in [1.82, 2.24) is 20.1 Å². The first-order chi connectivity index (χ1) is 12.3. The Bertz CT molecular complexity index is 707. The molecule has 2 fully saturated rings. The van der Waals surface area contributed by atoms with Crippen LogP contribution in [0.25, 0.3) is 11.3 Å². The highest BCUT2D eigenvalue weighted by atomic mass is 32.2. The van der Waals surface area contributed by atoms with Crippen LogP contribution in [-0.4, -0.2) is 64.5 Å². The van der Waals surface area contributed by atoms with E-state index in [9.17, 15) is 4.79 Å². The predicted octanol–water partition coefficient (Wildman–Crippen LogP) is 1.65. The van der Waals surface area contributed by atoms with Gasteiger partial charge in [0.25, 0.3) is 0 Å². The summed E-state index contributed by atoms with van der Waals surface area (Å²) in [5.41, 5.74) is 1.04. The van der Waals surface area contributed by atoms with Gasteiger partial charge in [0.2, 0.25) is 11.8 Å². The number of aromatic nitrogens is 1. The number of nitrogens with zero attached hydrogens (tertiary/aromatic N) is 3. The van der Waals surface area contributed by atoms with Crippen LogP contribution in [0.5, 0.6) is 0 Å². The number of carbonyl (C=O) groups excluding carboxylic acids is 1. The van der Waals surface area contributed by atoms with Gasteiger partial charge in [0.15, 0.2) is 5.76 Å². The zero-order chi connectivity index (χ0) is 17.1. The summed E-state index contributed by atoms with van der Waals surface area (Å²) in [5.74, 6) is 3.54. The van der Waals surface area contributed by atoms with E-state index in [1.807, 2.05) is 35.2 Å². The lowest BCUT2D eigenvalue weighted by Crippen LogP contribution is -2.53. The Morgan fingerprint density at radius 1 is 1.24 bits per heavy atom. The van der Waals surface area contributed by atoms with E-state index in [4.69, 9.17) is 4.42 Å². The molecule has 0 bridgehead atoms. The summed E-state index contributed by atoms with van der Waals surface area (Å²) in [4.78, 5) is 21.1. The quantitative estimate of drug-likeness (QED) is 0.897. The molecule has 0 saturated carbocycles. The molecule has 2 aliphatic rings. The second kappa shape index (κ2) is 7.59. The van der Waals surface area contributed by atoms with E-state index in [1.165, 1.54) is 0 Å². The molecule has 4 rings (SSSR count). The van der Waals surface area contributed by atoms with Gasteiger partial charge in [-0.25, -0.2) is 4.98 Å². The van der Waals surface area contributed by atoms with Crippen LogP contribution in [0.3, 0.4) is 0 Å². The average Bonchev–Trinajstić information content (AvgIpc) is 3.35. The number of oxazole rings is 1. The van der Waals surface area contributed by atoms with Crippen molar-refractivity contribution in [3.8, 4) is 11.3 Å². The Labute approximate surface area is 151 Å². The van der Waals surface area contributed by atoms with E-state index in [-0.39, 0.29) is 11.9 Å². The molecular weight excluding hydrogens is 336 g/mol. The van der Waals surface area contributed by atoms with E-state index >= 15 is 0 Å². The number of piperazine rings is 1. The topological polar surface area (TPSA) is 61.6 Å². The van der Waals surface area contributed by atoms with Crippen molar-refractivity contribution in [2.75, 3.05) is 37.8 Å². The van der Waals surface area contributed by atoms with E-state index in [0.29, 0.717) is 6.54 Å². The minimum absolute atomic E-state index is 0.00304. The summed E-state index contributed by atoms with van der Waals surface area (Å²) in [6.45, 7) is 3.94. The number of carbonyl (C=O) groups is 1. The number of nitrogens with one attached hydrogen (secondary N) is 1. The molecule has 25 heavy (non-hydrogen) atoms. The fraction of sp³-hybridized carbons (Fsp3) is 0.444. The first-order valence-electron chi connectivity index (χ1n) is 8.62. The number of hydrogen-bond donors (Lipinski definition) is 1. The van der Waals surface area contributed by atoms with Gasteiger partial charge in [0.05, 0.1) is 18.8 Å². The maximum absolute atomic E-state index is 12.4. The number of rotatable bonds is 4. The Hall–Kier alpha value is -1.83. The zero-order valence-corrected chi connectivity index (χ0v) is 14.9. The molecule has 7 heteroatoms. The highest BCUT2D eigenvalue weighted by Gasteiger charge is 2.29. The molecule has 2 aliphatic heterocycles. The second-order valence-corrected chi connectivity index (χ2v) is 7.39. The fourth-order valence-electron chi connectivity index (χ4n) is 3.21. The van der Waals surface area contributed by atoms with Crippen molar-refractivity contribution in [2.24, 2.45) is 0 Å². The molecule has 1 aromatic carbocycles. The smallest absolute Gasteiger partial charge is 0.240 e. The largest absolute Gasteiger partial charge is 0.439 e. The minimum atomic E-state index is -0.00304. The average molecular weight is 358 g/mol. The molecule has 2 aromatic rings. The summed E-state index contributed by atoms with van der Waals surface area (Å²) < 4.78 is 5.88. The van der Waals surface area contributed by atoms with Crippen molar-refractivity contribution in [1.29, 1.82) is 0 Å². The highest BCUT2D eigenvalue weighted by molar-refractivity contribution is 7.99. The lowest BCUT2D eigenvalue weighted by atomic mass is 10.2. The first kappa shape index (κ1) is 16.6. The van der Waals surface area contributed by atoms with Gasteiger partial charge >= 0.3 is 0 Å². The van der Waals surface area contributed by atoms with Gasteiger partial charge in [-0.1, -0.05) is 30.3 Å². The summed E-state index contributed by atoms with van der Waals surface area (Å²) in [6, 6.07) is 10.0. The third kappa shape index (κ3) is 3.89. The van der Waals surface area contributed by atoms with Crippen LogP contribution in [0, 0.1) is 0 Å². The van der Waals surface area contributed by atoms with Crippen LogP contribution < -0.4 is 5.32 Å². The molecule has 1 atom stereocenters. The number of hydrogen-bond acceptors (Lipinski definition) is 6. The number of benzene rings is 1. The van der Waals surface area contributed by atoms with E-state index in [0.717, 1.165) is 55.0 Å². The Morgan fingerprint density at radius 3 is 2.76 bits per heavy atom. The SMILES string of the molecule is O=C(C1CSCN1)N1CCN(Cc2ncc(-c3ccccc3)o2)CC1. The third-order valence-electron chi connectivity index (χ3n) is 4.67. The maximum Gasteiger partial charge on any atom is 0.240 e. The van der Waals surface area contributed by atoms with Gasteiger partial charge in [0.1, 0.15) is 0 Å². The summed E-state index contributed by atoms with van der Waals surface area (Å²) >= 11 is 1.79.